The van der Waals surface area contributed by atoms with E-state index in [-0.39, 0.29) is 0 Å². The summed E-state index contributed by atoms with van der Waals surface area (Å²) in [5, 5.41) is -1.19. The second-order valence-electron chi connectivity index (χ2n) is 4.61. The molecular formula is C15H7ClF6O. The van der Waals surface area contributed by atoms with E-state index in [0.717, 1.165) is 24.3 Å². The lowest BCUT2D eigenvalue weighted by Crippen LogP contribution is -2.09. The van der Waals surface area contributed by atoms with E-state index in [9.17, 15) is 31.1 Å². The van der Waals surface area contributed by atoms with E-state index < -0.39 is 45.4 Å². The molecule has 0 atom stereocenters. The Kier molecular flexibility index (Phi) is 4.43. The topological polar surface area (TPSA) is 17.1 Å². The maximum Gasteiger partial charge on any atom is 0.417 e. The van der Waals surface area contributed by atoms with Gasteiger partial charge in [0.1, 0.15) is 0 Å². The summed E-state index contributed by atoms with van der Waals surface area (Å²) in [5.74, 6) is 0. The Balaban J connectivity index is 2.74. The number of carbonyl (C=O) groups is 1. The summed E-state index contributed by atoms with van der Waals surface area (Å²) in [4.78, 5) is 11.2. The van der Waals surface area contributed by atoms with Gasteiger partial charge in [-0.2, -0.15) is 26.3 Å². The van der Waals surface area contributed by atoms with Crippen LogP contribution in [0, 0.1) is 0 Å². The highest BCUT2D eigenvalue weighted by Crippen LogP contribution is 2.39. The first kappa shape index (κ1) is 17.3. The van der Waals surface area contributed by atoms with Gasteiger partial charge in [-0.05, 0) is 47.0 Å². The molecule has 0 fully saturated rings. The van der Waals surface area contributed by atoms with E-state index in [1.165, 1.54) is 6.07 Å². The Hall–Kier alpha value is -2.02. The minimum atomic E-state index is -4.83. The van der Waals surface area contributed by atoms with Crippen LogP contribution in [0.1, 0.15) is 21.5 Å². The van der Waals surface area contributed by atoms with Crippen LogP contribution in [0.25, 0.3) is 11.1 Å². The van der Waals surface area contributed by atoms with E-state index >= 15 is 0 Å². The molecule has 0 aliphatic heterocycles. The zero-order valence-electron chi connectivity index (χ0n) is 11.1. The normalized spacial score (nSPS) is 12.3. The Morgan fingerprint density at radius 1 is 0.870 bits per heavy atom. The van der Waals surface area contributed by atoms with E-state index in [2.05, 4.69) is 0 Å². The van der Waals surface area contributed by atoms with E-state index in [1.54, 1.807) is 0 Å². The molecular weight excluding hydrogens is 346 g/mol. The Morgan fingerprint density at radius 3 is 2.00 bits per heavy atom. The summed E-state index contributed by atoms with van der Waals surface area (Å²) >= 11 is 5.19. The maximum atomic E-state index is 13.0. The molecule has 0 N–H and O–H groups in total. The fraction of sp³-hybridized carbons (Fsp3) is 0.133. The largest absolute Gasteiger partial charge is 0.417 e. The lowest BCUT2D eigenvalue weighted by molar-refractivity contribution is -0.137. The minimum absolute atomic E-state index is 0.392. The molecule has 0 saturated carbocycles. The van der Waals surface area contributed by atoms with Crippen LogP contribution in [0.15, 0.2) is 42.5 Å². The summed E-state index contributed by atoms with van der Waals surface area (Å²) in [6, 6.07) is 6.09. The van der Waals surface area contributed by atoms with Crippen LogP contribution >= 0.6 is 11.6 Å². The Labute approximate surface area is 131 Å². The fourth-order valence-electron chi connectivity index (χ4n) is 2.04. The van der Waals surface area contributed by atoms with E-state index in [4.69, 9.17) is 11.6 Å². The van der Waals surface area contributed by atoms with Crippen LogP contribution in [0.5, 0.6) is 0 Å². The van der Waals surface area contributed by atoms with Gasteiger partial charge in [0.05, 0.1) is 11.1 Å². The first-order valence-electron chi connectivity index (χ1n) is 6.09. The average molecular weight is 353 g/mol. The molecule has 0 aromatic heterocycles. The van der Waals surface area contributed by atoms with Crippen LogP contribution in [0.4, 0.5) is 26.3 Å². The van der Waals surface area contributed by atoms with Gasteiger partial charge in [-0.15, -0.1) is 0 Å². The van der Waals surface area contributed by atoms with E-state index in [1.807, 2.05) is 0 Å². The van der Waals surface area contributed by atoms with Gasteiger partial charge in [-0.3, -0.25) is 4.79 Å². The highest BCUT2D eigenvalue weighted by molar-refractivity contribution is 6.67. The lowest BCUT2D eigenvalue weighted by Gasteiger charge is -2.15. The SMILES string of the molecule is O=C(Cl)c1cc(-c2ccccc2C(F)(F)F)cc(C(F)(F)F)c1. The first-order chi connectivity index (χ1) is 10.5. The molecule has 2 aromatic carbocycles. The molecule has 0 aliphatic rings. The van der Waals surface area contributed by atoms with Crippen molar-refractivity contribution in [1.82, 2.24) is 0 Å². The third-order valence-corrected chi connectivity index (χ3v) is 3.25. The molecule has 0 bridgehead atoms. The summed E-state index contributed by atoms with van der Waals surface area (Å²) in [6.45, 7) is 0. The predicted octanol–water partition coefficient (Wildman–Crippen LogP) is 5.77. The molecule has 2 rings (SSSR count). The monoisotopic (exact) mass is 352 g/mol. The predicted molar refractivity (Wildman–Crippen MR) is 72.1 cm³/mol. The molecule has 0 unspecified atom stereocenters. The number of benzene rings is 2. The zero-order chi connectivity index (χ0) is 17.4. The minimum Gasteiger partial charge on any atom is -0.276 e. The van der Waals surface area contributed by atoms with Crippen molar-refractivity contribution in [3.63, 3.8) is 0 Å². The van der Waals surface area contributed by atoms with Crippen molar-refractivity contribution in [1.29, 1.82) is 0 Å². The van der Waals surface area contributed by atoms with Crippen molar-refractivity contribution >= 4 is 16.8 Å². The first-order valence-corrected chi connectivity index (χ1v) is 6.46. The Morgan fingerprint density at radius 2 is 1.48 bits per heavy atom. The molecule has 23 heavy (non-hydrogen) atoms. The van der Waals surface area contributed by atoms with Gasteiger partial charge in [0.2, 0.25) is 0 Å². The molecule has 8 heteroatoms. The molecule has 0 amide bonds. The van der Waals surface area contributed by atoms with E-state index in [0.29, 0.717) is 12.1 Å². The van der Waals surface area contributed by atoms with Gasteiger partial charge < -0.3 is 0 Å². The fourth-order valence-corrected chi connectivity index (χ4v) is 2.15. The smallest absolute Gasteiger partial charge is 0.276 e. The zero-order valence-corrected chi connectivity index (χ0v) is 11.9. The Bertz CT molecular complexity index is 748. The van der Waals surface area contributed by atoms with Crippen LogP contribution < -0.4 is 0 Å². The van der Waals surface area contributed by atoms with Crippen molar-refractivity contribution in [3.05, 3.63) is 59.2 Å². The molecule has 122 valence electrons. The molecule has 0 aliphatic carbocycles. The van der Waals surface area contributed by atoms with Crippen LogP contribution in [0.2, 0.25) is 0 Å². The van der Waals surface area contributed by atoms with Crippen LogP contribution in [-0.4, -0.2) is 5.24 Å². The summed E-state index contributed by atoms with van der Waals surface area (Å²) in [6.07, 6.45) is -9.58. The van der Waals surface area contributed by atoms with Gasteiger partial charge in [0.15, 0.2) is 0 Å². The quantitative estimate of drug-likeness (QED) is 0.495. The van der Waals surface area contributed by atoms with Crippen LogP contribution in [0.3, 0.4) is 0 Å². The lowest BCUT2D eigenvalue weighted by atomic mass is 9.95. The number of hydrogen-bond acceptors (Lipinski definition) is 1. The second-order valence-corrected chi connectivity index (χ2v) is 4.96. The van der Waals surface area contributed by atoms with Crippen LogP contribution in [-0.2, 0) is 12.4 Å². The highest BCUT2D eigenvalue weighted by Gasteiger charge is 2.35. The van der Waals surface area contributed by atoms with Gasteiger partial charge >= 0.3 is 12.4 Å². The van der Waals surface area contributed by atoms with Crippen molar-refractivity contribution in [2.24, 2.45) is 0 Å². The number of alkyl halides is 6. The highest BCUT2D eigenvalue weighted by atomic mass is 35.5. The molecule has 0 spiro atoms. The third-order valence-electron chi connectivity index (χ3n) is 3.03. The molecule has 2 aromatic rings. The number of rotatable bonds is 2. The summed E-state index contributed by atoms with van der Waals surface area (Å²) in [7, 11) is 0. The van der Waals surface area contributed by atoms with Gasteiger partial charge in [0, 0.05) is 5.56 Å². The van der Waals surface area contributed by atoms with Gasteiger partial charge in [-0.25, -0.2) is 0 Å². The number of carbonyl (C=O) groups excluding carboxylic acids is 1. The standard InChI is InChI=1S/C15H7ClF6O/c16-13(23)9-5-8(6-10(7-9)14(17,18)19)11-3-1-2-4-12(11)15(20,21)22/h1-7H. The number of halogens is 7. The van der Waals surface area contributed by atoms with Crippen molar-refractivity contribution < 1.29 is 31.1 Å². The summed E-state index contributed by atoms with van der Waals surface area (Å²) < 4.78 is 77.7. The third kappa shape index (κ3) is 3.85. The number of hydrogen-bond donors (Lipinski definition) is 0. The van der Waals surface area contributed by atoms with Crippen molar-refractivity contribution in [2.45, 2.75) is 12.4 Å². The second kappa shape index (κ2) is 5.88. The maximum absolute atomic E-state index is 13.0. The molecule has 0 saturated heterocycles. The molecule has 0 radical (unpaired) electrons. The van der Waals surface area contributed by atoms with Gasteiger partial charge in [0.25, 0.3) is 5.24 Å². The molecule has 1 nitrogen and oxygen atoms in total. The van der Waals surface area contributed by atoms with Crippen molar-refractivity contribution in [2.75, 3.05) is 0 Å². The van der Waals surface area contributed by atoms with Crippen molar-refractivity contribution in [3.8, 4) is 11.1 Å². The average Bonchev–Trinajstić information content (AvgIpc) is 2.45. The van der Waals surface area contributed by atoms with Gasteiger partial charge in [-0.1, -0.05) is 18.2 Å². The summed E-state index contributed by atoms with van der Waals surface area (Å²) in [5.41, 5.74) is -3.75. The molecule has 0 heterocycles.